The van der Waals surface area contributed by atoms with Gasteiger partial charge in [0.2, 0.25) is 0 Å². The van der Waals surface area contributed by atoms with E-state index in [9.17, 15) is 4.79 Å². The summed E-state index contributed by atoms with van der Waals surface area (Å²) in [6.45, 7) is 0. The summed E-state index contributed by atoms with van der Waals surface area (Å²) in [5.74, 6) is 0.534. The van der Waals surface area contributed by atoms with Crippen LogP contribution < -0.4 is 0 Å². The number of fused-ring (bicyclic) bond motifs is 1. The van der Waals surface area contributed by atoms with Crippen LogP contribution in [0.5, 0.6) is 0 Å². The van der Waals surface area contributed by atoms with E-state index in [1.807, 2.05) is 42.1 Å². The predicted octanol–water partition coefficient (Wildman–Crippen LogP) is 4.74. The molecule has 0 spiro atoms. The smallest absolute Gasteiger partial charge is 0.339 e. The molecule has 4 rings (SSSR count). The Bertz CT molecular complexity index is 871. The number of thioether (sulfide) groups is 1. The first kappa shape index (κ1) is 15.1. The number of hydrogen-bond donors (Lipinski definition) is 0. The molecular weight excluding hydrogens is 318 g/mol. The maximum atomic E-state index is 12.2. The van der Waals surface area contributed by atoms with Gasteiger partial charge in [-0.1, -0.05) is 60.7 Å². The van der Waals surface area contributed by atoms with Crippen LogP contribution in [0.15, 0.2) is 66.7 Å². The Morgan fingerprint density at radius 1 is 1.08 bits per heavy atom. The summed E-state index contributed by atoms with van der Waals surface area (Å²) < 4.78 is 7.27. The Hall–Kier alpha value is -2.46. The molecular formula is C20H17NO2S. The molecule has 0 unspecified atom stereocenters. The molecule has 1 atom stereocenters. The van der Waals surface area contributed by atoms with Crippen molar-refractivity contribution in [1.82, 2.24) is 4.57 Å². The maximum Gasteiger partial charge on any atom is 0.339 e. The molecule has 3 nitrogen and oxygen atoms in total. The van der Waals surface area contributed by atoms with E-state index in [4.69, 9.17) is 4.74 Å². The fourth-order valence-electron chi connectivity index (χ4n) is 3.19. The van der Waals surface area contributed by atoms with Gasteiger partial charge in [-0.25, -0.2) is 4.79 Å². The molecule has 0 bridgehead atoms. The van der Waals surface area contributed by atoms with Crippen LogP contribution in [-0.4, -0.2) is 17.6 Å². The minimum atomic E-state index is -0.268. The molecule has 24 heavy (non-hydrogen) atoms. The standard InChI is InChI=1S/C20H17NO2S/c1-23-20(22)16-12-17(14-8-4-2-5-9-14)21-18(16)13-24-19(21)15-10-6-3-7-11-15/h2-12,19H,13H2,1H3/t19-/m1/s1. The Morgan fingerprint density at radius 2 is 1.75 bits per heavy atom. The highest BCUT2D eigenvalue weighted by Gasteiger charge is 2.32. The lowest BCUT2D eigenvalue weighted by atomic mass is 10.1. The number of methoxy groups -OCH3 is 1. The Labute approximate surface area is 145 Å². The molecule has 1 aliphatic rings. The minimum absolute atomic E-state index is 0.176. The summed E-state index contributed by atoms with van der Waals surface area (Å²) in [6, 6.07) is 22.6. The van der Waals surface area contributed by atoms with Gasteiger partial charge in [0.05, 0.1) is 18.4 Å². The van der Waals surface area contributed by atoms with Gasteiger partial charge in [0.15, 0.2) is 0 Å². The monoisotopic (exact) mass is 335 g/mol. The number of carbonyl (C=O) groups excluding carboxylic acids is 1. The van der Waals surface area contributed by atoms with E-state index in [2.05, 4.69) is 41.0 Å². The van der Waals surface area contributed by atoms with Crippen LogP contribution in [0.1, 0.15) is 27.0 Å². The van der Waals surface area contributed by atoms with Crippen LogP contribution in [0.4, 0.5) is 0 Å². The maximum absolute atomic E-state index is 12.2. The van der Waals surface area contributed by atoms with Gasteiger partial charge in [0, 0.05) is 11.4 Å². The fourth-order valence-corrected chi connectivity index (χ4v) is 4.54. The number of carbonyl (C=O) groups is 1. The summed E-state index contributed by atoms with van der Waals surface area (Å²) in [7, 11) is 1.44. The van der Waals surface area contributed by atoms with Crippen molar-refractivity contribution in [2.75, 3.05) is 7.11 Å². The van der Waals surface area contributed by atoms with Crippen LogP contribution >= 0.6 is 11.8 Å². The third-order valence-electron chi connectivity index (χ3n) is 4.31. The van der Waals surface area contributed by atoms with E-state index < -0.39 is 0 Å². The Morgan fingerprint density at radius 3 is 2.42 bits per heavy atom. The number of hydrogen-bond acceptors (Lipinski definition) is 3. The highest BCUT2D eigenvalue weighted by molar-refractivity contribution is 7.99. The van der Waals surface area contributed by atoms with E-state index in [-0.39, 0.29) is 11.3 Å². The van der Waals surface area contributed by atoms with Gasteiger partial charge in [0.25, 0.3) is 0 Å². The summed E-state index contributed by atoms with van der Waals surface area (Å²) in [4.78, 5) is 12.2. The summed E-state index contributed by atoms with van der Waals surface area (Å²) in [5.41, 5.74) is 5.12. The molecule has 0 saturated carbocycles. The van der Waals surface area contributed by atoms with Crippen molar-refractivity contribution in [3.8, 4) is 11.3 Å². The van der Waals surface area contributed by atoms with Crippen LogP contribution in [0.2, 0.25) is 0 Å². The number of nitrogens with zero attached hydrogens (tertiary/aromatic N) is 1. The van der Waals surface area contributed by atoms with Crippen molar-refractivity contribution < 1.29 is 9.53 Å². The quantitative estimate of drug-likeness (QED) is 0.648. The summed E-state index contributed by atoms with van der Waals surface area (Å²) >= 11 is 1.84. The van der Waals surface area contributed by atoms with Gasteiger partial charge in [-0.05, 0) is 17.2 Å². The van der Waals surface area contributed by atoms with Crippen molar-refractivity contribution in [2.24, 2.45) is 0 Å². The van der Waals surface area contributed by atoms with Gasteiger partial charge < -0.3 is 9.30 Å². The molecule has 1 aliphatic heterocycles. The van der Waals surface area contributed by atoms with Gasteiger partial charge in [0.1, 0.15) is 5.37 Å². The molecule has 4 heteroatoms. The second kappa shape index (κ2) is 6.21. The average Bonchev–Trinajstić information content (AvgIpc) is 3.23. The van der Waals surface area contributed by atoms with E-state index in [1.54, 1.807) is 0 Å². The largest absolute Gasteiger partial charge is 0.465 e. The van der Waals surface area contributed by atoms with Gasteiger partial charge in [-0.2, -0.15) is 0 Å². The van der Waals surface area contributed by atoms with Crippen LogP contribution in [0, 0.1) is 0 Å². The molecule has 0 amide bonds. The van der Waals surface area contributed by atoms with Gasteiger partial charge in [-0.15, -0.1) is 11.8 Å². The third-order valence-corrected chi connectivity index (χ3v) is 5.55. The molecule has 0 N–H and O–H groups in total. The van der Waals surface area contributed by atoms with Crippen LogP contribution in [-0.2, 0) is 10.5 Å². The first-order valence-corrected chi connectivity index (χ1v) is 8.89. The lowest BCUT2D eigenvalue weighted by Gasteiger charge is -2.17. The number of esters is 1. The number of rotatable bonds is 3. The number of ether oxygens (including phenoxy) is 1. The zero-order chi connectivity index (χ0) is 16.5. The number of aromatic nitrogens is 1. The highest BCUT2D eigenvalue weighted by Crippen LogP contribution is 2.46. The van der Waals surface area contributed by atoms with Gasteiger partial charge >= 0.3 is 5.97 Å². The SMILES string of the molecule is COC(=O)c1cc(-c2ccccc2)n2c1CS[C@@H]2c1ccccc1. The van der Waals surface area contributed by atoms with Crippen molar-refractivity contribution in [3.05, 3.63) is 83.6 Å². The Kier molecular flexibility index (Phi) is 3.90. The van der Waals surface area contributed by atoms with Crippen molar-refractivity contribution in [1.29, 1.82) is 0 Å². The second-order valence-corrected chi connectivity index (χ2v) is 6.76. The lowest BCUT2D eigenvalue weighted by Crippen LogP contribution is -2.06. The van der Waals surface area contributed by atoms with E-state index in [0.717, 1.165) is 22.7 Å². The summed E-state index contributed by atoms with van der Waals surface area (Å²) in [5, 5.41) is 0.176. The molecule has 2 aromatic carbocycles. The van der Waals surface area contributed by atoms with Crippen LogP contribution in [0.3, 0.4) is 0 Å². The first-order valence-electron chi connectivity index (χ1n) is 7.84. The second-order valence-electron chi connectivity index (χ2n) is 5.69. The number of benzene rings is 2. The fraction of sp³-hybridized carbons (Fsp3) is 0.150. The lowest BCUT2D eigenvalue weighted by molar-refractivity contribution is 0.0600. The molecule has 0 radical (unpaired) electrons. The molecule has 3 aromatic rings. The normalized spacial score (nSPS) is 16.0. The highest BCUT2D eigenvalue weighted by atomic mass is 32.2. The Balaban J connectivity index is 1.91. The molecule has 0 fully saturated rings. The zero-order valence-electron chi connectivity index (χ0n) is 13.3. The predicted molar refractivity (Wildman–Crippen MR) is 97.1 cm³/mol. The first-order chi connectivity index (χ1) is 11.8. The van der Waals surface area contributed by atoms with E-state index >= 15 is 0 Å². The molecule has 2 heterocycles. The van der Waals surface area contributed by atoms with Crippen molar-refractivity contribution in [2.45, 2.75) is 11.1 Å². The molecule has 1 aromatic heterocycles. The van der Waals surface area contributed by atoms with E-state index in [0.29, 0.717) is 5.56 Å². The van der Waals surface area contributed by atoms with Gasteiger partial charge in [-0.3, -0.25) is 0 Å². The topological polar surface area (TPSA) is 31.2 Å². The molecule has 120 valence electrons. The molecule has 0 aliphatic carbocycles. The van der Waals surface area contributed by atoms with Crippen molar-refractivity contribution in [3.63, 3.8) is 0 Å². The summed E-state index contributed by atoms with van der Waals surface area (Å²) in [6.07, 6.45) is 0. The van der Waals surface area contributed by atoms with E-state index in [1.165, 1.54) is 12.7 Å². The average molecular weight is 335 g/mol. The molecule has 0 saturated heterocycles. The van der Waals surface area contributed by atoms with Crippen LogP contribution in [0.25, 0.3) is 11.3 Å². The van der Waals surface area contributed by atoms with Crippen molar-refractivity contribution >= 4 is 17.7 Å². The minimum Gasteiger partial charge on any atom is -0.465 e. The third kappa shape index (κ3) is 2.43. The zero-order valence-corrected chi connectivity index (χ0v) is 14.1.